The fourth-order valence-electron chi connectivity index (χ4n) is 8.76. The van der Waals surface area contributed by atoms with Gasteiger partial charge >= 0.3 is 0 Å². The summed E-state index contributed by atoms with van der Waals surface area (Å²) >= 11 is 0. The third kappa shape index (κ3) is 5.67. The van der Waals surface area contributed by atoms with Crippen molar-refractivity contribution in [2.75, 3.05) is 4.90 Å². The number of hydrogen-bond acceptors (Lipinski definition) is 1. The van der Waals surface area contributed by atoms with E-state index in [1.165, 1.54) is 77.1 Å². The third-order valence-corrected chi connectivity index (χ3v) is 11.6. The number of nitrogens with zero attached hydrogens (tertiary/aromatic N) is 3. The van der Waals surface area contributed by atoms with Crippen molar-refractivity contribution in [2.45, 2.75) is 6.92 Å². The summed E-state index contributed by atoms with van der Waals surface area (Å²) in [4.78, 5) is 2.30. The Bertz CT molecular complexity index is 3210. The van der Waals surface area contributed by atoms with Crippen molar-refractivity contribution in [1.29, 1.82) is 0 Å². The van der Waals surface area contributed by atoms with Gasteiger partial charge < -0.3 is 14.0 Å². The van der Waals surface area contributed by atoms with Gasteiger partial charge in [-0.3, -0.25) is 0 Å². The van der Waals surface area contributed by atoms with E-state index in [0.29, 0.717) is 0 Å². The smallest absolute Gasteiger partial charge is 0.0547 e. The molecule has 0 saturated carbocycles. The first-order valence-electron chi connectivity index (χ1n) is 19.9. The molecular weight excluding hydrogens is 703 g/mol. The highest BCUT2D eigenvalue weighted by molar-refractivity contribution is 6.12. The number of anilines is 3. The average molecular weight is 742 g/mol. The molecule has 274 valence electrons. The maximum absolute atomic E-state index is 2.42. The number of para-hydroxylation sites is 4. The number of aromatic nitrogens is 2. The first kappa shape index (κ1) is 33.7. The molecule has 3 nitrogen and oxygen atoms in total. The zero-order valence-electron chi connectivity index (χ0n) is 32.1. The van der Waals surface area contributed by atoms with Crippen molar-refractivity contribution in [3.8, 4) is 33.6 Å². The van der Waals surface area contributed by atoms with Crippen molar-refractivity contribution in [3.05, 3.63) is 224 Å². The Morgan fingerprint density at radius 3 is 1.33 bits per heavy atom. The Morgan fingerprint density at radius 2 is 0.707 bits per heavy atom. The van der Waals surface area contributed by atoms with E-state index in [9.17, 15) is 0 Å². The first-order chi connectivity index (χ1) is 28.7. The minimum atomic E-state index is 1.12. The number of benzene rings is 9. The normalized spacial score (nSPS) is 11.5. The van der Waals surface area contributed by atoms with Crippen molar-refractivity contribution >= 4 is 60.7 Å². The molecule has 11 aromatic rings. The van der Waals surface area contributed by atoms with Gasteiger partial charge in [-0.15, -0.1) is 0 Å². The molecule has 0 aliphatic carbocycles. The summed E-state index contributed by atoms with van der Waals surface area (Å²) in [6.07, 6.45) is 0. The predicted octanol–water partition coefficient (Wildman–Crippen LogP) is 15.0. The van der Waals surface area contributed by atoms with Crippen molar-refractivity contribution < 1.29 is 0 Å². The van der Waals surface area contributed by atoms with Crippen LogP contribution in [0.3, 0.4) is 0 Å². The van der Waals surface area contributed by atoms with Crippen molar-refractivity contribution in [2.24, 2.45) is 0 Å². The highest BCUT2D eigenvalue weighted by Crippen LogP contribution is 2.39. The lowest BCUT2D eigenvalue weighted by molar-refractivity contribution is 1.17. The molecule has 0 aliphatic heterocycles. The average Bonchev–Trinajstić information content (AvgIpc) is 3.80. The predicted molar refractivity (Wildman–Crippen MR) is 245 cm³/mol. The van der Waals surface area contributed by atoms with Crippen LogP contribution >= 0.6 is 0 Å². The maximum atomic E-state index is 2.42. The minimum Gasteiger partial charge on any atom is -0.311 e. The molecule has 0 saturated heterocycles. The molecule has 3 heteroatoms. The van der Waals surface area contributed by atoms with Crippen LogP contribution in [-0.4, -0.2) is 9.13 Å². The standard InChI is InChI=1S/C55H39N3/c1-38-20-28-46(29-21-38)57-53-19-11-9-17-49(53)51-36-41(27-35-54(51)57)42-26-34-50-48-16-8-10-18-52(48)58(55(50)37-42)47-32-24-40(25-33-47)39-22-30-45(31-23-39)56(43-12-4-2-5-13-43)44-14-6-3-7-15-44/h2-37H,1H3. The Hall–Kier alpha value is -7.62. The number of hydrogen-bond donors (Lipinski definition) is 0. The molecule has 0 amide bonds. The van der Waals surface area contributed by atoms with Crippen LogP contribution < -0.4 is 4.90 Å². The van der Waals surface area contributed by atoms with Gasteiger partial charge in [0, 0.05) is 50.0 Å². The summed E-state index contributed by atoms with van der Waals surface area (Å²) in [7, 11) is 0. The fourth-order valence-corrected chi connectivity index (χ4v) is 8.76. The molecule has 0 bridgehead atoms. The molecule has 0 N–H and O–H groups in total. The summed E-state index contributed by atoms with van der Waals surface area (Å²) in [6.45, 7) is 2.14. The highest BCUT2D eigenvalue weighted by Gasteiger charge is 2.17. The van der Waals surface area contributed by atoms with Gasteiger partial charge in [-0.1, -0.05) is 133 Å². The molecule has 0 aliphatic rings. The topological polar surface area (TPSA) is 13.1 Å². The van der Waals surface area contributed by atoms with Crippen LogP contribution in [0.2, 0.25) is 0 Å². The zero-order valence-corrected chi connectivity index (χ0v) is 32.1. The van der Waals surface area contributed by atoms with Crippen LogP contribution in [0.5, 0.6) is 0 Å². The second kappa shape index (κ2) is 13.8. The van der Waals surface area contributed by atoms with Gasteiger partial charge in [0.1, 0.15) is 0 Å². The molecular formula is C55H39N3. The van der Waals surface area contributed by atoms with Crippen LogP contribution in [0.15, 0.2) is 218 Å². The monoisotopic (exact) mass is 741 g/mol. The van der Waals surface area contributed by atoms with Crippen LogP contribution in [-0.2, 0) is 0 Å². The number of fused-ring (bicyclic) bond motifs is 6. The molecule has 0 radical (unpaired) electrons. The Labute approximate surface area is 337 Å². The summed E-state index contributed by atoms with van der Waals surface area (Å²) in [5, 5.41) is 5.01. The Balaban J connectivity index is 0.972. The minimum absolute atomic E-state index is 1.12. The van der Waals surface area contributed by atoms with E-state index in [1.807, 2.05) is 0 Å². The van der Waals surface area contributed by atoms with Gasteiger partial charge in [-0.05, 0) is 120 Å². The van der Waals surface area contributed by atoms with Crippen molar-refractivity contribution in [3.63, 3.8) is 0 Å². The fraction of sp³-hybridized carbons (Fsp3) is 0.0182. The molecule has 2 aromatic heterocycles. The summed E-state index contributed by atoms with van der Waals surface area (Å²) in [5.41, 5.74) is 16.5. The van der Waals surface area contributed by atoms with E-state index in [-0.39, 0.29) is 0 Å². The second-order valence-corrected chi connectivity index (χ2v) is 15.1. The van der Waals surface area contributed by atoms with E-state index >= 15 is 0 Å². The largest absolute Gasteiger partial charge is 0.311 e. The van der Waals surface area contributed by atoms with E-state index in [2.05, 4.69) is 239 Å². The van der Waals surface area contributed by atoms with Gasteiger partial charge in [-0.2, -0.15) is 0 Å². The lowest BCUT2D eigenvalue weighted by Crippen LogP contribution is -2.09. The van der Waals surface area contributed by atoms with Crippen LogP contribution in [0.4, 0.5) is 17.1 Å². The van der Waals surface area contributed by atoms with Crippen molar-refractivity contribution in [1.82, 2.24) is 9.13 Å². The van der Waals surface area contributed by atoms with Crippen LogP contribution in [0.1, 0.15) is 5.56 Å². The second-order valence-electron chi connectivity index (χ2n) is 15.1. The summed E-state index contributed by atoms with van der Waals surface area (Å²) < 4.78 is 4.80. The maximum Gasteiger partial charge on any atom is 0.0547 e. The van der Waals surface area contributed by atoms with Gasteiger partial charge in [0.15, 0.2) is 0 Å². The van der Waals surface area contributed by atoms with Gasteiger partial charge in [0.25, 0.3) is 0 Å². The third-order valence-electron chi connectivity index (χ3n) is 11.6. The molecule has 2 heterocycles. The highest BCUT2D eigenvalue weighted by atomic mass is 15.1. The Kier molecular flexibility index (Phi) is 8.04. The van der Waals surface area contributed by atoms with Crippen LogP contribution in [0, 0.1) is 6.92 Å². The van der Waals surface area contributed by atoms with E-state index in [4.69, 9.17) is 0 Å². The summed E-state index contributed by atoms with van der Waals surface area (Å²) in [5.74, 6) is 0. The lowest BCUT2D eigenvalue weighted by atomic mass is 10.0. The van der Waals surface area contributed by atoms with E-state index < -0.39 is 0 Å². The zero-order chi connectivity index (χ0) is 38.6. The molecule has 0 unspecified atom stereocenters. The number of aryl methyl sites for hydroxylation is 1. The lowest BCUT2D eigenvalue weighted by Gasteiger charge is -2.25. The molecule has 58 heavy (non-hydrogen) atoms. The molecule has 11 rings (SSSR count). The SMILES string of the molecule is Cc1ccc(-n2c3ccccc3c3cc(-c4ccc5c6ccccc6n(-c6ccc(-c7ccc(N(c8ccccc8)c8ccccc8)cc7)cc6)c5c4)ccc32)cc1. The number of rotatable bonds is 7. The molecule has 0 atom stereocenters. The Morgan fingerprint density at radius 1 is 0.293 bits per heavy atom. The molecule has 9 aromatic carbocycles. The van der Waals surface area contributed by atoms with E-state index in [1.54, 1.807) is 0 Å². The van der Waals surface area contributed by atoms with Crippen LogP contribution in [0.25, 0.3) is 77.2 Å². The van der Waals surface area contributed by atoms with E-state index in [0.717, 1.165) is 22.7 Å². The summed E-state index contributed by atoms with van der Waals surface area (Å²) in [6, 6.07) is 79.2. The molecule has 0 fully saturated rings. The quantitative estimate of drug-likeness (QED) is 0.159. The van der Waals surface area contributed by atoms with Gasteiger partial charge in [-0.25, -0.2) is 0 Å². The van der Waals surface area contributed by atoms with Gasteiger partial charge in [0.2, 0.25) is 0 Å². The van der Waals surface area contributed by atoms with Gasteiger partial charge in [0.05, 0.1) is 22.1 Å². The first-order valence-corrected chi connectivity index (χ1v) is 19.9. The molecule has 0 spiro atoms.